The molecule has 1 aliphatic carbocycles. The number of esters is 1. The summed E-state index contributed by atoms with van der Waals surface area (Å²) in [4.78, 5) is 23.3. The summed E-state index contributed by atoms with van der Waals surface area (Å²) in [6.07, 6.45) is 52.5. The molecule has 1 fully saturated rings. The van der Waals surface area contributed by atoms with Crippen LogP contribution in [0.4, 0.5) is 0 Å². The minimum atomic E-state index is -5.04. The molecule has 13 heteroatoms. The average Bonchev–Trinajstić information content (AvgIpc) is 3.37. The second kappa shape index (κ2) is 48.4. The average molecular weight is 1040 g/mol. The molecule has 0 spiro atoms. The molecule has 1 saturated carbocycles. The number of hydrogen-bond donors (Lipinski definition) is 6. The van der Waals surface area contributed by atoms with E-state index in [-0.39, 0.29) is 13.0 Å². The fourth-order valence-corrected chi connectivity index (χ4v) is 9.57. The molecule has 0 heterocycles. The van der Waals surface area contributed by atoms with Gasteiger partial charge >= 0.3 is 13.8 Å². The van der Waals surface area contributed by atoms with Crippen LogP contribution in [0.1, 0.15) is 232 Å². The lowest BCUT2D eigenvalue weighted by Crippen LogP contribution is -2.64. The largest absolute Gasteiger partial charge is 0.472 e. The second-order valence-corrected chi connectivity index (χ2v) is 21.2. The van der Waals surface area contributed by atoms with Crippen LogP contribution in [0, 0.1) is 0 Å². The third-order valence-electron chi connectivity index (χ3n) is 13.1. The number of rotatable bonds is 49. The standard InChI is InChI=1S/C59H105O12P/c1-3-5-7-9-11-13-15-17-19-21-23-25-27-28-30-32-34-36-38-40-42-44-46-48-53(60)70-52(51-69-72(66,67)71-59-57(64)55(62)54(61)56(63)58(59)65)50-68-49-47-45-43-41-39-37-35-33-31-29-26-24-22-20-18-16-14-12-10-8-6-4-2/h5,7,11,13,17,19,23,25,28,30,34,36,52,54-59,61-65H,3-4,6,8-10,12,14-16,18,20-22,24,26-27,29,31-33,35,37-51H2,1-2H3,(H,66,67)/b7-5-,13-11-,19-17-,25-23-,30-28-,36-34-. The minimum Gasteiger partial charge on any atom is -0.457 e. The van der Waals surface area contributed by atoms with Crippen molar-refractivity contribution in [2.75, 3.05) is 19.8 Å². The number of aliphatic hydroxyl groups excluding tert-OH is 5. The van der Waals surface area contributed by atoms with Crippen molar-refractivity contribution in [3.63, 3.8) is 0 Å². The van der Waals surface area contributed by atoms with E-state index in [1.807, 2.05) is 0 Å². The van der Waals surface area contributed by atoms with Crippen LogP contribution in [0.5, 0.6) is 0 Å². The van der Waals surface area contributed by atoms with Gasteiger partial charge in [0.1, 0.15) is 42.7 Å². The Morgan fingerprint density at radius 3 is 1.25 bits per heavy atom. The van der Waals surface area contributed by atoms with Crippen molar-refractivity contribution >= 4 is 13.8 Å². The first-order chi connectivity index (χ1) is 35.0. The quantitative estimate of drug-likeness (QED) is 0.0146. The molecule has 0 bridgehead atoms. The molecule has 0 aromatic heterocycles. The van der Waals surface area contributed by atoms with E-state index in [1.165, 1.54) is 122 Å². The molecule has 418 valence electrons. The Morgan fingerprint density at radius 2 is 0.819 bits per heavy atom. The lowest BCUT2D eigenvalue weighted by Gasteiger charge is -2.41. The van der Waals surface area contributed by atoms with Gasteiger partial charge < -0.3 is 39.9 Å². The highest BCUT2D eigenvalue weighted by molar-refractivity contribution is 7.47. The lowest BCUT2D eigenvalue weighted by atomic mass is 9.85. The summed E-state index contributed by atoms with van der Waals surface area (Å²) in [6, 6.07) is 0. The molecule has 0 aromatic rings. The summed E-state index contributed by atoms with van der Waals surface area (Å²) in [5.74, 6) is -0.499. The maximum atomic E-state index is 12.9. The Bertz CT molecular complexity index is 1460. The van der Waals surface area contributed by atoms with Gasteiger partial charge in [-0.25, -0.2) is 4.57 Å². The van der Waals surface area contributed by atoms with Crippen molar-refractivity contribution in [3.05, 3.63) is 72.9 Å². The van der Waals surface area contributed by atoms with Gasteiger partial charge in [-0.1, -0.05) is 234 Å². The Hall–Kier alpha value is -2.22. The number of carbonyl (C=O) groups excluding carboxylic acids is 1. The summed E-state index contributed by atoms with van der Waals surface area (Å²) >= 11 is 0. The van der Waals surface area contributed by atoms with Crippen LogP contribution in [-0.4, -0.2) is 98.9 Å². The smallest absolute Gasteiger partial charge is 0.457 e. The molecule has 6 N–H and O–H groups in total. The van der Waals surface area contributed by atoms with Gasteiger partial charge in [-0.05, 0) is 64.2 Å². The van der Waals surface area contributed by atoms with Crippen molar-refractivity contribution in [1.29, 1.82) is 0 Å². The van der Waals surface area contributed by atoms with Crippen LogP contribution < -0.4 is 0 Å². The second-order valence-electron chi connectivity index (χ2n) is 19.8. The van der Waals surface area contributed by atoms with E-state index in [9.17, 15) is 39.8 Å². The summed E-state index contributed by atoms with van der Waals surface area (Å²) in [6.45, 7) is 4.16. The van der Waals surface area contributed by atoms with Crippen LogP contribution in [0.3, 0.4) is 0 Å². The molecule has 12 nitrogen and oxygen atoms in total. The predicted octanol–water partition coefficient (Wildman–Crippen LogP) is 13.9. The van der Waals surface area contributed by atoms with Crippen molar-refractivity contribution in [2.45, 2.75) is 275 Å². The first kappa shape index (κ1) is 67.8. The predicted molar refractivity (Wildman–Crippen MR) is 295 cm³/mol. The molecular formula is C59H105O12P. The number of aliphatic hydroxyl groups is 5. The van der Waals surface area contributed by atoms with E-state index in [0.29, 0.717) is 13.0 Å². The maximum absolute atomic E-state index is 12.9. The fraction of sp³-hybridized carbons (Fsp3) is 0.780. The summed E-state index contributed by atoms with van der Waals surface area (Å²) in [5.41, 5.74) is 0. The fourth-order valence-electron chi connectivity index (χ4n) is 8.60. The topological polar surface area (TPSA) is 192 Å². The Kier molecular flexibility index (Phi) is 45.6. The zero-order valence-electron chi connectivity index (χ0n) is 45.2. The molecule has 0 radical (unpaired) electrons. The highest BCUT2D eigenvalue weighted by atomic mass is 31.2. The van der Waals surface area contributed by atoms with Gasteiger partial charge in [0.15, 0.2) is 0 Å². The lowest BCUT2D eigenvalue weighted by molar-refractivity contribution is -0.220. The Morgan fingerprint density at radius 1 is 0.458 bits per heavy atom. The monoisotopic (exact) mass is 1040 g/mol. The van der Waals surface area contributed by atoms with E-state index >= 15 is 0 Å². The van der Waals surface area contributed by atoms with Gasteiger partial charge in [0.25, 0.3) is 0 Å². The number of ether oxygens (including phenoxy) is 2. The normalized spacial score (nSPS) is 21.2. The molecule has 0 aliphatic heterocycles. The number of carbonyl (C=O) groups is 1. The molecule has 0 aromatic carbocycles. The van der Waals surface area contributed by atoms with Crippen molar-refractivity contribution in [3.8, 4) is 0 Å². The van der Waals surface area contributed by atoms with E-state index in [1.54, 1.807) is 0 Å². The summed E-state index contributed by atoms with van der Waals surface area (Å²) in [5, 5.41) is 50.4. The van der Waals surface area contributed by atoms with Crippen LogP contribution in [0.25, 0.3) is 0 Å². The van der Waals surface area contributed by atoms with Crippen molar-refractivity contribution < 1.29 is 58.3 Å². The van der Waals surface area contributed by atoms with Gasteiger partial charge in [0.2, 0.25) is 0 Å². The van der Waals surface area contributed by atoms with E-state index in [2.05, 4.69) is 86.8 Å². The third-order valence-corrected chi connectivity index (χ3v) is 14.1. The number of unbranched alkanes of at least 4 members (excludes halogenated alkanes) is 25. The van der Waals surface area contributed by atoms with Gasteiger partial charge in [-0.15, -0.1) is 0 Å². The number of phosphoric acid groups is 1. The van der Waals surface area contributed by atoms with Gasteiger partial charge in [0, 0.05) is 13.0 Å². The molecule has 0 amide bonds. The number of hydrogen-bond acceptors (Lipinski definition) is 11. The van der Waals surface area contributed by atoms with E-state index in [4.69, 9.17) is 18.5 Å². The molecule has 0 saturated heterocycles. The van der Waals surface area contributed by atoms with Gasteiger partial charge in [0.05, 0.1) is 13.2 Å². The highest BCUT2D eigenvalue weighted by Gasteiger charge is 2.51. The molecule has 6 atom stereocenters. The Balaban J connectivity index is 2.31. The van der Waals surface area contributed by atoms with Gasteiger partial charge in [-0.2, -0.15) is 0 Å². The SMILES string of the molecule is CC/C=C\C/C=C\C/C=C\C/C=C\C/C=C\C/C=C\CCCCCCC(=O)OC(COCCCCCCCCCCCCCCCCCCCCCCCC)COP(=O)(O)OC1C(O)C(O)C(O)C(O)C1O. The summed E-state index contributed by atoms with van der Waals surface area (Å²) < 4.78 is 34.4. The first-order valence-electron chi connectivity index (χ1n) is 28.8. The van der Waals surface area contributed by atoms with E-state index in [0.717, 1.165) is 83.5 Å². The molecule has 72 heavy (non-hydrogen) atoms. The van der Waals surface area contributed by atoms with Crippen LogP contribution in [0.15, 0.2) is 72.9 Å². The van der Waals surface area contributed by atoms with Crippen LogP contribution >= 0.6 is 7.82 Å². The molecule has 1 aliphatic rings. The van der Waals surface area contributed by atoms with Crippen molar-refractivity contribution in [1.82, 2.24) is 0 Å². The zero-order chi connectivity index (χ0) is 52.6. The zero-order valence-corrected chi connectivity index (χ0v) is 46.1. The van der Waals surface area contributed by atoms with E-state index < -0.39 is 63.1 Å². The molecular weight excluding hydrogens is 932 g/mol. The number of allylic oxidation sites excluding steroid dienone is 12. The van der Waals surface area contributed by atoms with Crippen LogP contribution in [-0.2, 0) is 27.9 Å². The first-order valence-corrected chi connectivity index (χ1v) is 30.3. The summed E-state index contributed by atoms with van der Waals surface area (Å²) in [7, 11) is -5.04. The minimum absolute atomic E-state index is 0.0880. The molecule has 6 unspecified atom stereocenters. The highest BCUT2D eigenvalue weighted by Crippen LogP contribution is 2.47. The number of phosphoric ester groups is 1. The van der Waals surface area contributed by atoms with Gasteiger partial charge in [-0.3, -0.25) is 13.8 Å². The molecule has 1 rings (SSSR count). The maximum Gasteiger partial charge on any atom is 0.472 e. The van der Waals surface area contributed by atoms with Crippen molar-refractivity contribution in [2.24, 2.45) is 0 Å². The van der Waals surface area contributed by atoms with Crippen LogP contribution in [0.2, 0.25) is 0 Å². The Labute approximate surface area is 438 Å². The third kappa shape index (κ3) is 39.2.